The molecule has 1 aliphatic heterocycles. The van der Waals surface area contributed by atoms with Gasteiger partial charge in [-0.2, -0.15) is 0 Å². The zero-order valence-electron chi connectivity index (χ0n) is 14.7. The van der Waals surface area contributed by atoms with Gasteiger partial charge in [0.15, 0.2) is 17.3 Å². The van der Waals surface area contributed by atoms with E-state index in [9.17, 15) is 4.79 Å². The van der Waals surface area contributed by atoms with Crippen LogP contribution in [0.2, 0.25) is 5.02 Å². The Balaban J connectivity index is 1.52. The van der Waals surface area contributed by atoms with Crippen LogP contribution < -0.4 is 4.90 Å². The average molecular weight is 385 g/mol. The molecule has 0 saturated carbocycles. The van der Waals surface area contributed by atoms with Crippen LogP contribution in [-0.2, 0) is 17.7 Å². The summed E-state index contributed by atoms with van der Waals surface area (Å²) in [7, 11) is 0. The van der Waals surface area contributed by atoms with Crippen molar-refractivity contribution in [2.24, 2.45) is 0 Å². The molecule has 4 rings (SSSR count). The van der Waals surface area contributed by atoms with Gasteiger partial charge in [-0.25, -0.2) is 4.79 Å². The van der Waals surface area contributed by atoms with Crippen LogP contribution in [0.1, 0.15) is 28.7 Å². The average Bonchev–Trinajstić information content (AvgIpc) is 3.12. The number of halogens is 1. The van der Waals surface area contributed by atoms with E-state index in [1.807, 2.05) is 24.3 Å². The Morgan fingerprint density at radius 3 is 2.74 bits per heavy atom. The van der Waals surface area contributed by atoms with Crippen LogP contribution in [0.5, 0.6) is 0 Å². The Labute approximate surface area is 160 Å². The number of nitrogens with zero attached hydrogens (tertiary/aromatic N) is 4. The maximum Gasteiger partial charge on any atom is 0.358 e. The molecule has 8 heteroatoms. The number of anilines is 1. The summed E-state index contributed by atoms with van der Waals surface area (Å²) in [6.07, 6.45) is 0.776. The van der Waals surface area contributed by atoms with Crippen LogP contribution in [0, 0.1) is 0 Å². The third-order valence-electron chi connectivity index (χ3n) is 4.41. The molecule has 0 unspecified atom stereocenters. The van der Waals surface area contributed by atoms with Gasteiger partial charge in [0.2, 0.25) is 0 Å². The van der Waals surface area contributed by atoms with Crippen LogP contribution in [0.4, 0.5) is 5.82 Å². The van der Waals surface area contributed by atoms with Gasteiger partial charge in [0.25, 0.3) is 0 Å². The highest BCUT2D eigenvalue weighted by atomic mass is 35.5. The van der Waals surface area contributed by atoms with Gasteiger partial charge in [0, 0.05) is 22.7 Å². The van der Waals surface area contributed by atoms with E-state index in [0.29, 0.717) is 24.0 Å². The minimum absolute atomic E-state index is 0.199. The van der Waals surface area contributed by atoms with Gasteiger partial charge < -0.3 is 14.2 Å². The van der Waals surface area contributed by atoms with Crippen molar-refractivity contribution in [2.75, 3.05) is 18.1 Å². The predicted octanol–water partition coefficient (Wildman–Crippen LogP) is 3.52. The predicted molar refractivity (Wildman–Crippen MR) is 99.7 cm³/mol. The molecule has 0 saturated heterocycles. The first-order valence-corrected chi connectivity index (χ1v) is 9.02. The lowest BCUT2D eigenvalue weighted by molar-refractivity contribution is 0.0518. The number of benzene rings is 1. The fourth-order valence-corrected chi connectivity index (χ4v) is 3.19. The standard InChI is InChI=1S/C19H17ClN4O3/c1-2-26-19(25)15-7-8-17(22-21-15)24-10-9-14-16(11-24)23-27-18(14)12-3-5-13(20)6-4-12/h3-8H,2,9-11H2,1H3. The lowest BCUT2D eigenvalue weighted by Crippen LogP contribution is -2.31. The van der Waals surface area contributed by atoms with Gasteiger partial charge in [0.05, 0.1) is 13.2 Å². The van der Waals surface area contributed by atoms with Crippen molar-refractivity contribution in [3.63, 3.8) is 0 Å². The molecule has 1 aliphatic rings. The molecule has 0 fully saturated rings. The third kappa shape index (κ3) is 3.50. The first-order chi connectivity index (χ1) is 13.2. The molecule has 0 atom stereocenters. The number of carbonyl (C=O) groups excluding carboxylic acids is 1. The molecule has 138 valence electrons. The summed E-state index contributed by atoms with van der Waals surface area (Å²) in [5, 5.41) is 13.0. The number of ether oxygens (including phenoxy) is 1. The number of hydrogen-bond donors (Lipinski definition) is 0. The molecule has 0 bridgehead atoms. The quantitative estimate of drug-likeness (QED) is 0.636. The molecule has 0 radical (unpaired) electrons. The molecular weight excluding hydrogens is 368 g/mol. The number of esters is 1. The highest BCUT2D eigenvalue weighted by Crippen LogP contribution is 2.32. The molecule has 2 aromatic heterocycles. The van der Waals surface area contributed by atoms with E-state index in [2.05, 4.69) is 20.3 Å². The maximum atomic E-state index is 11.7. The SMILES string of the molecule is CCOC(=O)c1ccc(N2CCc3c(noc3-c3ccc(Cl)cc3)C2)nn1. The van der Waals surface area contributed by atoms with Crippen LogP contribution in [0.3, 0.4) is 0 Å². The first kappa shape index (κ1) is 17.5. The van der Waals surface area contributed by atoms with Gasteiger partial charge in [0.1, 0.15) is 5.69 Å². The van der Waals surface area contributed by atoms with E-state index in [4.69, 9.17) is 20.9 Å². The van der Waals surface area contributed by atoms with Gasteiger partial charge in [-0.3, -0.25) is 0 Å². The van der Waals surface area contributed by atoms with Gasteiger partial charge >= 0.3 is 5.97 Å². The van der Waals surface area contributed by atoms with Crippen molar-refractivity contribution >= 4 is 23.4 Å². The van der Waals surface area contributed by atoms with Gasteiger partial charge in [-0.05, 0) is 49.7 Å². The summed E-state index contributed by atoms with van der Waals surface area (Å²) in [5.41, 5.74) is 3.14. The van der Waals surface area contributed by atoms with Crippen molar-refractivity contribution < 1.29 is 14.1 Å². The van der Waals surface area contributed by atoms with Crippen LogP contribution in [0.15, 0.2) is 40.9 Å². The Hall–Kier alpha value is -2.93. The molecule has 0 N–H and O–H groups in total. The Morgan fingerprint density at radius 2 is 2.04 bits per heavy atom. The molecule has 3 aromatic rings. The maximum absolute atomic E-state index is 11.7. The normalized spacial score (nSPS) is 13.3. The first-order valence-electron chi connectivity index (χ1n) is 8.65. The zero-order valence-corrected chi connectivity index (χ0v) is 15.4. The summed E-state index contributed by atoms with van der Waals surface area (Å²) in [6.45, 7) is 3.38. The fourth-order valence-electron chi connectivity index (χ4n) is 3.06. The molecular formula is C19H17ClN4O3. The molecule has 27 heavy (non-hydrogen) atoms. The van der Waals surface area contributed by atoms with Crippen molar-refractivity contribution in [3.05, 3.63) is 58.4 Å². The minimum atomic E-state index is -0.471. The second-order valence-electron chi connectivity index (χ2n) is 6.11. The number of aromatic nitrogens is 3. The summed E-state index contributed by atoms with van der Waals surface area (Å²) >= 11 is 5.96. The third-order valence-corrected chi connectivity index (χ3v) is 4.66. The summed E-state index contributed by atoms with van der Waals surface area (Å²) in [6, 6.07) is 10.9. The van der Waals surface area contributed by atoms with E-state index in [1.54, 1.807) is 19.1 Å². The number of carbonyl (C=O) groups is 1. The van der Waals surface area contributed by atoms with Crippen molar-refractivity contribution in [3.8, 4) is 11.3 Å². The van der Waals surface area contributed by atoms with Gasteiger partial charge in [-0.1, -0.05) is 16.8 Å². The van der Waals surface area contributed by atoms with Crippen molar-refractivity contribution in [2.45, 2.75) is 19.9 Å². The van der Waals surface area contributed by atoms with Crippen LogP contribution in [-0.4, -0.2) is 34.5 Å². The van der Waals surface area contributed by atoms with Gasteiger partial charge in [-0.15, -0.1) is 10.2 Å². The lowest BCUT2D eigenvalue weighted by atomic mass is 10.0. The summed E-state index contributed by atoms with van der Waals surface area (Å²) < 4.78 is 10.5. The Morgan fingerprint density at radius 1 is 1.22 bits per heavy atom. The van der Waals surface area contributed by atoms with E-state index < -0.39 is 5.97 Å². The minimum Gasteiger partial charge on any atom is -0.461 e. The van der Waals surface area contributed by atoms with Crippen molar-refractivity contribution in [1.29, 1.82) is 0 Å². The van der Waals surface area contributed by atoms with E-state index >= 15 is 0 Å². The van der Waals surface area contributed by atoms with Crippen LogP contribution in [0.25, 0.3) is 11.3 Å². The molecule has 0 spiro atoms. The summed E-state index contributed by atoms with van der Waals surface area (Å²) in [5.74, 6) is 0.997. The van der Waals surface area contributed by atoms with E-state index in [0.717, 1.165) is 35.5 Å². The van der Waals surface area contributed by atoms with E-state index in [1.165, 1.54) is 0 Å². The molecule has 0 amide bonds. The molecule has 3 heterocycles. The summed E-state index contributed by atoms with van der Waals surface area (Å²) in [4.78, 5) is 13.7. The Kier molecular flexibility index (Phi) is 4.77. The molecule has 7 nitrogen and oxygen atoms in total. The second kappa shape index (κ2) is 7.36. The second-order valence-corrected chi connectivity index (χ2v) is 6.55. The van der Waals surface area contributed by atoms with Crippen molar-refractivity contribution in [1.82, 2.24) is 15.4 Å². The monoisotopic (exact) mass is 384 g/mol. The molecule has 1 aromatic carbocycles. The topological polar surface area (TPSA) is 81.4 Å². The highest BCUT2D eigenvalue weighted by molar-refractivity contribution is 6.30. The number of hydrogen-bond acceptors (Lipinski definition) is 7. The highest BCUT2D eigenvalue weighted by Gasteiger charge is 2.25. The lowest BCUT2D eigenvalue weighted by Gasteiger charge is -2.26. The number of fused-ring (bicyclic) bond motifs is 1. The fraction of sp³-hybridized carbons (Fsp3) is 0.263. The van der Waals surface area contributed by atoms with E-state index in [-0.39, 0.29) is 5.69 Å². The number of rotatable bonds is 4. The molecule has 0 aliphatic carbocycles. The smallest absolute Gasteiger partial charge is 0.358 e. The van der Waals surface area contributed by atoms with Crippen LogP contribution >= 0.6 is 11.6 Å². The Bertz CT molecular complexity index is 954. The zero-order chi connectivity index (χ0) is 18.8. The largest absolute Gasteiger partial charge is 0.461 e.